The van der Waals surface area contributed by atoms with Crippen molar-refractivity contribution in [1.82, 2.24) is 0 Å². The molecule has 2 rings (SSSR count). The topological polar surface area (TPSA) is 20.3 Å². The van der Waals surface area contributed by atoms with Gasteiger partial charge in [-0.05, 0) is 35.4 Å². The quantitative estimate of drug-likeness (QED) is 0.739. The number of carbonyl (C=O) groups is 1. The van der Waals surface area contributed by atoms with E-state index in [4.69, 9.17) is 0 Å². The van der Waals surface area contributed by atoms with Crippen LogP contribution in [0.2, 0.25) is 0 Å². The molecule has 0 atom stereocenters. The van der Waals surface area contributed by atoms with Gasteiger partial charge in [-0.2, -0.15) is 0 Å². The van der Waals surface area contributed by atoms with Gasteiger partial charge in [-0.15, -0.1) is 0 Å². The molecule has 1 amide bonds. The maximum atomic E-state index is 11.6. The second-order valence-corrected chi connectivity index (χ2v) is 6.19. The summed E-state index contributed by atoms with van der Waals surface area (Å²) < 4.78 is 0. The van der Waals surface area contributed by atoms with Crippen molar-refractivity contribution >= 4 is 11.6 Å². The first-order valence-corrected chi connectivity index (χ1v) is 6.52. The lowest BCUT2D eigenvalue weighted by atomic mass is 9.86. The standard InChI is InChI=1S/C16H21NO/c1-12(18)17-9-5-6-14-10-13(7-8-15(14)17)11-16(2,3)4/h7-8,10H,5,9,11H2,1-4H3. The molecule has 0 aromatic heterocycles. The number of hydrogen-bond donors (Lipinski definition) is 0. The fraction of sp³-hybridized carbons (Fsp3) is 0.500. The second-order valence-electron chi connectivity index (χ2n) is 6.19. The van der Waals surface area contributed by atoms with Crippen LogP contribution in [0.25, 0.3) is 0 Å². The van der Waals surface area contributed by atoms with E-state index in [2.05, 4.69) is 45.4 Å². The van der Waals surface area contributed by atoms with Crippen LogP contribution < -0.4 is 4.90 Å². The molecule has 2 nitrogen and oxygen atoms in total. The van der Waals surface area contributed by atoms with Gasteiger partial charge in [-0.3, -0.25) is 4.79 Å². The maximum Gasteiger partial charge on any atom is 0.223 e. The number of rotatable bonds is 1. The zero-order valence-corrected chi connectivity index (χ0v) is 11.7. The third-order valence-electron chi connectivity index (χ3n) is 3.12. The molecule has 1 aliphatic heterocycles. The summed E-state index contributed by atoms with van der Waals surface area (Å²) in [6.07, 6.45) is 5.25. The van der Waals surface area contributed by atoms with Crippen LogP contribution in [0.15, 0.2) is 18.2 Å². The SMILES string of the molecule is CC(=O)N1CC[C]c2cc(CC(C)(C)C)ccc21. The predicted molar refractivity (Wildman–Crippen MR) is 74.6 cm³/mol. The van der Waals surface area contributed by atoms with Crippen molar-refractivity contribution in [3.05, 3.63) is 35.7 Å². The predicted octanol–water partition coefficient (Wildman–Crippen LogP) is 3.46. The minimum atomic E-state index is 0.112. The molecule has 18 heavy (non-hydrogen) atoms. The Morgan fingerprint density at radius 2 is 2.11 bits per heavy atom. The second kappa shape index (κ2) is 4.75. The van der Waals surface area contributed by atoms with E-state index >= 15 is 0 Å². The van der Waals surface area contributed by atoms with E-state index in [9.17, 15) is 4.79 Å². The molecule has 2 radical (unpaired) electrons. The van der Waals surface area contributed by atoms with Crippen molar-refractivity contribution in [2.45, 2.75) is 40.5 Å². The van der Waals surface area contributed by atoms with Gasteiger partial charge in [0.25, 0.3) is 0 Å². The van der Waals surface area contributed by atoms with Crippen LogP contribution in [0.5, 0.6) is 0 Å². The first-order valence-electron chi connectivity index (χ1n) is 6.52. The van der Waals surface area contributed by atoms with Crippen molar-refractivity contribution in [2.75, 3.05) is 11.4 Å². The minimum Gasteiger partial charge on any atom is -0.312 e. The third-order valence-corrected chi connectivity index (χ3v) is 3.12. The first-order chi connectivity index (χ1) is 8.37. The molecule has 96 valence electrons. The molecule has 0 saturated carbocycles. The van der Waals surface area contributed by atoms with Gasteiger partial charge in [0.05, 0.1) is 0 Å². The average Bonchev–Trinajstić information content (AvgIpc) is 2.25. The number of anilines is 1. The molecule has 0 aliphatic carbocycles. The Kier molecular flexibility index (Phi) is 3.47. The molecule has 0 unspecified atom stereocenters. The van der Waals surface area contributed by atoms with Crippen LogP contribution in [-0.2, 0) is 11.2 Å². The number of hydrogen-bond acceptors (Lipinski definition) is 1. The molecule has 0 saturated heterocycles. The molecular formula is C16H21NO. The number of fused-ring (bicyclic) bond motifs is 1. The molecule has 1 aromatic carbocycles. The molecule has 0 bridgehead atoms. The lowest BCUT2D eigenvalue weighted by Gasteiger charge is -2.29. The molecule has 0 fully saturated rings. The molecule has 1 aliphatic rings. The summed E-state index contributed by atoms with van der Waals surface area (Å²) in [5.41, 5.74) is 3.69. The van der Waals surface area contributed by atoms with E-state index in [1.165, 1.54) is 5.56 Å². The summed E-state index contributed by atoms with van der Waals surface area (Å²) in [5, 5.41) is 0. The van der Waals surface area contributed by atoms with Crippen LogP contribution in [0.3, 0.4) is 0 Å². The highest BCUT2D eigenvalue weighted by Gasteiger charge is 2.21. The van der Waals surface area contributed by atoms with Gasteiger partial charge in [-0.1, -0.05) is 32.9 Å². The first kappa shape index (κ1) is 13.1. The zero-order valence-electron chi connectivity index (χ0n) is 11.7. The van der Waals surface area contributed by atoms with Crippen LogP contribution >= 0.6 is 0 Å². The van der Waals surface area contributed by atoms with E-state index < -0.39 is 0 Å². The largest absolute Gasteiger partial charge is 0.312 e. The van der Waals surface area contributed by atoms with Crippen LogP contribution in [0.4, 0.5) is 5.69 Å². The van der Waals surface area contributed by atoms with Crippen LogP contribution in [0, 0.1) is 11.8 Å². The molecular weight excluding hydrogens is 222 g/mol. The Labute approximate surface area is 110 Å². The smallest absolute Gasteiger partial charge is 0.223 e. The number of carbonyl (C=O) groups excluding carboxylic acids is 1. The highest BCUT2D eigenvalue weighted by molar-refractivity contribution is 5.93. The van der Waals surface area contributed by atoms with E-state index in [0.717, 1.165) is 30.6 Å². The summed E-state index contributed by atoms with van der Waals surface area (Å²) >= 11 is 0. The summed E-state index contributed by atoms with van der Waals surface area (Å²) in [6.45, 7) is 9.09. The Morgan fingerprint density at radius 1 is 1.39 bits per heavy atom. The monoisotopic (exact) mass is 243 g/mol. The van der Waals surface area contributed by atoms with Crippen LogP contribution in [0.1, 0.15) is 45.2 Å². The maximum absolute atomic E-state index is 11.6. The Hall–Kier alpha value is -1.31. The van der Waals surface area contributed by atoms with Gasteiger partial charge in [0.2, 0.25) is 5.91 Å². The van der Waals surface area contributed by atoms with Crippen molar-refractivity contribution in [2.24, 2.45) is 5.41 Å². The number of nitrogens with zero attached hydrogens (tertiary/aromatic N) is 1. The van der Waals surface area contributed by atoms with E-state index in [-0.39, 0.29) is 11.3 Å². The number of amides is 1. The van der Waals surface area contributed by atoms with Gasteiger partial charge in [0.15, 0.2) is 0 Å². The lowest BCUT2D eigenvalue weighted by molar-refractivity contribution is -0.116. The van der Waals surface area contributed by atoms with Gasteiger partial charge in [-0.25, -0.2) is 0 Å². The third kappa shape index (κ3) is 2.92. The van der Waals surface area contributed by atoms with Crippen molar-refractivity contribution < 1.29 is 4.79 Å². The van der Waals surface area contributed by atoms with E-state index in [0.29, 0.717) is 0 Å². The van der Waals surface area contributed by atoms with Gasteiger partial charge in [0.1, 0.15) is 0 Å². The fourth-order valence-corrected chi connectivity index (χ4v) is 2.43. The number of benzene rings is 1. The van der Waals surface area contributed by atoms with E-state index in [1.807, 2.05) is 4.90 Å². The summed E-state index contributed by atoms with van der Waals surface area (Å²) in [6, 6.07) is 6.37. The Balaban J connectivity index is 2.30. The van der Waals surface area contributed by atoms with E-state index in [1.54, 1.807) is 6.92 Å². The minimum absolute atomic E-state index is 0.112. The Bertz CT molecular complexity index is 457. The van der Waals surface area contributed by atoms with Gasteiger partial charge < -0.3 is 4.90 Å². The molecule has 1 aromatic rings. The normalized spacial score (nSPS) is 15.4. The van der Waals surface area contributed by atoms with Gasteiger partial charge in [0, 0.05) is 25.6 Å². The van der Waals surface area contributed by atoms with Crippen molar-refractivity contribution in [1.29, 1.82) is 0 Å². The molecule has 0 N–H and O–H groups in total. The average molecular weight is 243 g/mol. The van der Waals surface area contributed by atoms with Crippen molar-refractivity contribution in [3.63, 3.8) is 0 Å². The zero-order chi connectivity index (χ0) is 13.3. The van der Waals surface area contributed by atoms with Crippen molar-refractivity contribution in [3.8, 4) is 0 Å². The summed E-state index contributed by atoms with van der Waals surface area (Å²) in [5.74, 6) is 0.112. The summed E-state index contributed by atoms with van der Waals surface area (Å²) in [4.78, 5) is 13.4. The Morgan fingerprint density at radius 3 is 2.72 bits per heavy atom. The highest BCUT2D eigenvalue weighted by Crippen LogP contribution is 2.31. The van der Waals surface area contributed by atoms with Gasteiger partial charge >= 0.3 is 0 Å². The fourth-order valence-electron chi connectivity index (χ4n) is 2.43. The molecule has 1 heterocycles. The summed E-state index contributed by atoms with van der Waals surface area (Å²) in [7, 11) is 0. The molecule has 0 spiro atoms. The highest BCUT2D eigenvalue weighted by atomic mass is 16.2. The lowest BCUT2D eigenvalue weighted by Crippen LogP contribution is -2.33. The van der Waals surface area contributed by atoms with Crippen LogP contribution in [-0.4, -0.2) is 12.5 Å². The molecule has 2 heteroatoms.